The molecule has 2 N–H and O–H groups in total. The van der Waals surface area contributed by atoms with Crippen molar-refractivity contribution in [1.82, 2.24) is 0 Å². The molecule has 3 heteroatoms. The zero-order valence-electron chi connectivity index (χ0n) is 25.4. The third-order valence-electron chi connectivity index (χ3n) is 5.11. The van der Waals surface area contributed by atoms with E-state index in [1.54, 1.807) is 12.1 Å². The number of hydrogen-bond donors (Lipinski definition) is 1. The maximum atomic E-state index is 12.5. The second-order valence-electron chi connectivity index (χ2n) is 9.29. The Morgan fingerprint density at radius 2 is 1.57 bits per heavy atom. The summed E-state index contributed by atoms with van der Waals surface area (Å²) < 4.78 is 12.5. The quantitative estimate of drug-likeness (QED) is 0.335. The fourth-order valence-electron chi connectivity index (χ4n) is 2.87. The number of halogens is 1. The summed E-state index contributed by atoms with van der Waals surface area (Å²) in [6, 6.07) is 6.76. The molecule has 0 amide bonds. The minimum absolute atomic E-state index is 0.102. The number of allylic oxidation sites excluding steroid dienone is 9. The number of benzene rings is 1. The first kappa shape index (κ1) is 38.7. The lowest BCUT2D eigenvalue weighted by Gasteiger charge is -2.10. The van der Waals surface area contributed by atoms with Crippen LogP contribution in [0.25, 0.3) is 0 Å². The number of carbonyl (C=O) groups excluding carboxylic acids is 1. The van der Waals surface area contributed by atoms with E-state index in [1.807, 2.05) is 46.8 Å². The van der Waals surface area contributed by atoms with E-state index in [-0.39, 0.29) is 24.1 Å². The van der Waals surface area contributed by atoms with Crippen molar-refractivity contribution in [3.8, 4) is 0 Å². The summed E-state index contributed by atoms with van der Waals surface area (Å²) in [6.45, 7) is 32.3. The average Bonchev–Trinajstić information content (AvgIpc) is 2.83. The molecule has 0 aliphatic heterocycles. The molecule has 0 radical (unpaired) electrons. The van der Waals surface area contributed by atoms with Crippen molar-refractivity contribution in [2.75, 3.05) is 6.54 Å². The fourth-order valence-corrected chi connectivity index (χ4v) is 2.87. The maximum Gasteiger partial charge on any atom is 0.148 e. The van der Waals surface area contributed by atoms with E-state index < -0.39 is 0 Å². The zero-order valence-corrected chi connectivity index (χ0v) is 25.4. The number of aryl methyl sites for hydroxylation is 1. The van der Waals surface area contributed by atoms with Gasteiger partial charge >= 0.3 is 0 Å². The molecule has 0 spiro atoms. The normalized spacial score (nSPS) is 10.8. The van der Waals surface area contributed by atoms with Crippen molar-refractivity contribution >= 4 is 5.78 Å². The lowest BCUT2D eigenvalue weighted by Crippen LogP contribution is -2.18. The van der Waals surface area contributed by atoms with Crippen LogP contribution in [0.1, 0.15) is 87.6 Å². The van der Waals surface area contributed by atoms with Crippen LogP contribution < -0.4 is 5.73 Å². The van der Waals surface area contributed by atoms with Crippen LogP contribution in [0.15, 0.2) is 95.7 Å². The van der Waals surface area contributed by atoms with Gasteiger partial charge in [-0.1, -0.05) is 109 Å². The number of Topliss-reactive ketones (excluding diaryl/α,β-unsaturated/α-hetero) is 1. The predicted octanol–water partition coefficient (Wildman–Crippen LogP) is 9.90. The van der Waals surface area contributed by atoms with Crippen LogP contribution in [0.5, 0.6) is 0 Å². The second-order valence-corrected chi connectivity index (χ2v) is 9.29. The van der Waals surface area contributed by atoms with Crippen LogP contribution in [0.3, 0.4) is 0 Å². The number of rotatable bonds is 9. The van der Waals surface area contributed by atoms with Crippen molar-refractivity contribution in [3.05, 3.63) is 107 Å². The third-order valence-corrected chi connectivity index (χ3v) is 5.11. The van der Waals surface area contributed by atoms with Gasteiger partial charge < -0.3 is 5.73 Å². The molecule has 1 aromatic rings. The Morgan fingerprint density at radius 3 is 1.86 bits per heavy atom. The van der Waals surface area contributed by atoms with Gasteiger partial charge in [-0.3, -0.25) is 4.79 Å². The summed E-state index contributed by atoms with van der Waals surface area (Å²) in [6.07, 6.45) is 9.39. The Morgan fingerprint density at radius 1 is 1.05 bits per heavy atom. The van der Waals surface area contributed by atoms with E-state index in [1.165, 1.54) is 29.2 Å². The molecule has 2 nitrogen and oxygen atoms in total. The lowest BCUT2D eigenvalue weighted by molar-refractivity contribution is -0.120. The van der Waals surface area contributed by atoms with Crippen LogP contribution in [0, 0.1) is 11.7 Å². The molecular formula is C34H54FNO. The van der Waals surface area contributed by atoms with Gasteiger partial charge in [0.25, 0.3) is 0 Å². The van der Waals surface area contributed by atoms with Gasteiger partial charge in [0.2, 0.25) is 0 Å². The summed E-state index contributed by atoms with van der Waals surface area (Å²) in [7, 11) is 0. The number of nitrogens with two attached hydrogens (primary N) is 1. The van der Waals surface area contributed by atoms with Crippen LogP contribution >= 0.6 is 0 Å². The van der Waals surface area contributed by atoms with Gasteiger partial charge in [0, 0.05) is 5.92 Å². The molecule has 0 fully saturated rings. The maximum absolute atomic E-state index is 12.5. The van der Waals surface area contributed by atoms with E-state index in [2.05, 4.69) is 66.5 Å². The Labute approximate surface area is 228 Å². The Kier molecular flexibility index (Phi) is 24.7. The first-order valence-corrected chi connectivity index (χ1v) is 13.2. The monoisotopic (exact) mass is 511 g/mol. The molecule has 0 bridgehead atoms. The molecule has 0 aliphatic rings. The number of ketones is 1. The molecule has 1 aromatic carbocycles. The highest BCUT2D eigenvalue weighted by Crippen LogP contribution is 2.22. The van der Waals surface area contributed by atoms with Crippen LogP contribution in [-0.4, -0.2) is 12.3 Å². The molecule has 0 unspecified atom stereocenters. The van der Waals surface area contributed by atoms with Crippen molar-refractivity contribution < 1.29 is 9.18 Å². The number of carbonyl (C=O) groups is 1. The summed E-state index contributed by atoms with van der Waals surface area (Å²) in [5.41, 5.74) is 13.0. The van der Waals surface area contributed by atoms with Crippen molar-refractivity contribution in [2.45, 2.75) is 88.5 Å². The largest absolute Gasteiger partial charge is 0.324 e. The topological polar surface area (TPSA) is 43.1 Å². The smallest absolute Gasteiger partial charge is 0.148 e. The highest BCUT2D eigenvalue weighted by atomic mass is 19.1. The Bertz CT molecular complexity index is 913. The summed E-state index contributed by atoms with van der Waals surface area (Å²) in [5, 5.41) is 0. The zero-order chi connectivity index (χ0) is 29.6. The second kappa shape index (κ2) is 23.6. The summed E-state index contributed by atoms with van der Waals surface area (Å²) in [5.74, 6) is 0.0935. The molecule has 37 heavy (non-hydrogen) atoms. The van der Waals surface area contributed by atoms with Gasteiger partial charge in [0.15, 0.2) is 0 Å². The van der Waals surface area contributed by atoms with Crippen molar-refractivity contribution in [1.29, 1.82) is 0 Å². The molecule has 0 saturated carbocycles. The molecule has 0 atom stereocenters. The van der Waals surface area contributed by atoms with Crippen LogP contribution in [0.2, 0.25) is 0 Å². The molecule has 208 valence electrons. The predicted molar refractivity (Wildman–Crippen MR) is 165 cm³/mol. The Balaban J connectivity index is -0.000000486. The lowest BCUT2D eigenvalue weighted by atomic mass is 9.96. The minimum Gasteiger partial charge on any atom is -0.324 e. The molecule has 0 saturated heterocycles. The minimum atomic E-state index is -0.133. The standard InChI is InChI=1S/C17H24.C9H11F.C5H11NO.C3H8/c1-9-16(10-2)15(8)14(7)11-17(12(3)4)13(5)6;1-2-4-8-5-3-6-9(10)7-8;1-4(2)5(7)3-6;1-3-2/h9-11H,1,3,5H2,2,4,6-8H3;3,5-7H,2,4H2,1H3;4H,3,6H2,1-2H3;3H2,1-2H3/b15-14+,16-10+;;;. The van der Waals surface area contributed by atoms with E-state index in [0.717, 1.165) is 35.1 Å². The average molecular weight is 512 g/mol. The van der Waals surface area contributed by atoms with E-state index in [9.17, 15) is 9.18 Å². The molecule has 0 aromatic heterocycles. The molecular weight excluding hydrogens is 457 g/mol. The Hall–Kier alpha value is -2.78. The van der Waals surface area contributed by atoms with Gasteiger partial charge in [-0.25, -0.2) is 4.39 Å². The summed E-state index contributed by atoms with van der Waals surface area (Å²) >= 11 is 0. The summed E-state index contributed by atoms with van der Waals surface area (Å²) in [4.78, 5) is 10.4. The van der Waals surface area contributed by atoms with Crippen LogP contribution in [0.4, 0.5) is 4.39 Å². The van der Waals surface area contributed by atoms with Gasteiger partial charge in [-0.2, -0.15) is 0 Å². The highest BCUT2D eigenvalue weighted by Gasteiger charge is 2.03. The molecule has 0 aliphatic carbocycles. The van der Waals surface area contributed by atoms with Gasteiger partial charge in [-0.15, -0.1) is 0 Å². The first-order valence-electron chi connectivity index (χ1n) is 13.2. The van der Waals surface area contributed by atoms with Gasteiger partial charge in [0.05, 0.1) is 6.54 Å². The van der Waals surface area contributed by atoms with E-state index in [0.29, 0.717) is 0 Å². The highest BCUT2D eigenvalue weighted by molar-refractivity contribution is 5.81. The molecule has 0 heterocycles. The van der Waals surface area contributed by atoms with Crippen molar-refractivity contribution in [3.63, 3.8) is 0 Å². The van der Waals surface area contributed by atoms with Crippen molar-refractivity contribution in [2.24, 2.45) is 11.7 Å². The van der Waals surface area contributed by atoms with Gasteiger partial charge in [-0.05, 0) is 81.0 Å². The molecule has 1 rings (SSSR count). The third kappa shape index (κ3) is 20.0. The first-order chi connectivity index (χ1) is 17.3. The van der Waals surface area contributed by atoms with Crippen LogP contribution in [-0.2, 0) is 11.2 Å². The SMILES string of the molecule is C=CC(=C\C)/C(C)=C(\C)C=C(C(=C)C)C(=C)C.CC(C)C(=O)CN.CCC.CCCc1cccc(F)c1. The van der Waals surface area contributed by atoms with Gasteiger partial charge in [0.1, 0.15) is 11.6 Å². The number of hydrogen-bond acceptors (Lipinski definition) is 2. The van der Waals surface area contributed by atoms with E-state index in [4.69, 9.17) is 5.73 Å². The fraction of sp³-hybridized carbons (Fsp3) is 0.441. The van der Waals surface area contributed by atoms with E-state index >= 15 is 0 Å².